The van der Waals surface area contributed by atoms with Crippen LogP contribution >= 0.6 is 25.3 Å². The molecule has 0 radical (unpaired) electrons. The highest BCUT2D eigenvalue weighted by atomic mass is 32.1. The summed E-state index contributed by atoms with van der Waals surface area (Å²) in [6, 6.07) is -7.46. The zero-order valence-electron chi connectivity index (χ0n) is 48.9. The molecule has 0 unspecified atom stereocenters. The first-order valence-corrected chi connectivity index (χ1v) is 31.1. The third kappa shape index (κ3) is 18.2. The minimum atomic E-state index is -1.61. The number of thiol groups is 2. The molecule has 30 nitrogen and oxygen atoms in total. The average Bonchev–Trinajstić information content (AvgIpc) is 2.03. The zero-order chi connectivity index (χ0) is 64.4. The Kier molecular flexibility index (Phi) is 26.4. The SMILES string of the molecule is NCCCC[C@H](NC(=O)[C@H](CO)NC(=O)[C@@H](N)CCC(=O)O)C(=O)N[C@@H](Cc1ccc(O)cc1)C(=O)NCC(=O)N1CCC[C@H]1C(=O)N1CCC[C@H]1C(=O)N[C@@H](CS)C(=O)N1CCC[C@H]1C(=O)N1CCC[C@H]1C(=O)N[C@@H](CS)C(=O)N1CCC[C@H]1C(=O)O. The molecule has 88 heavy (non-hydrogen) atoms. The van der Waals surface area contributed by atoms with Gasteiger partial charge in [0.25, 0.3) is 0 Å². The van der Waals surface area contributed by atoms with Gasteiger partial charge in [-0.25, -0.2) is 4.79 Å². The standard InChI is InChI=1S/C56H83N13O17S2/c57-20-2-1-8-34(60-49(78)36(28-70)62-46(75)33(58)18-19-45(73)74)48(77)61-35(26-31-14-16-32(71)17-15-31)47(76)59-27-44(72)65-21-5-11-41(65)54(83)66-22-3-9-39(66)50(79)63-37(29-87)52(81)68-24-6-12-42(68)55(84)67-23-4-10-40(67)51(80)64-38(30-88)53(82)69-25-7-13-43(69)56(85)86/h14-17,33-43,70-71,87-88H,1-13,18-30,57-58H2,(H,59,76)(H,60,78)(H,61,77)(H,62,75)(H,63,79)(H,64,80)(H,73,74)(H,85,86)/t33-,34-,35-,36-,37-,38-,39-,40-,41-,42-,43-/m0/s1. The molecule has 11 amide bonds. The number of aliphatic hydroxyl groups excluding tert-OH is 1. The molecule has 14 N–H and O–H groups in total. The van der Waals surface area contributed by atoms with Crippen LogP contribution in [0, 0.1) is 0 Å². The highest BCUT2D eigenvalue weighted by molar-refractivity contribution is 7.80. The van der Waals surface area contributed by atoms with Crippen molar-refractivity contribution in [2.24, 2.45) is 11.5 Å². The monoisotopic (exact) mass is 1270 g/mol. The molecule has 1 aromatic rings. The number of aromatic hydroxyl groups is 1. The molecule has 0 bridgehead atoms. The molecule has 32 heteroatoms. The van der Waals surface area contributed by atoms with Crippen LogP contribution in [0.3, 0.4) is 0 Å². The summed E-state index contributed by atoms with van der Waals surface area (Å²) in [6.45, 7) is -0.500. The van der Waals surface area contributed by atoms with Gasteiger partial charge < -0.3 is 88.3 Å². The van der Waals surface area contributed by atoms with Gasteiger partial charge in [-0.1, -0.05) is 12.1 Å². The summed E-state index contributed by atoms with van der Waals surface area (Å²) in [5.41, 5.74) is 11.9. The van der Waals surface area contributed by atoms with Gasteiger partial charge in [0.05, 0.1) is 19.2 Å². The Hall–Kier alpha value is -7.29. The topological polar surface area (TPSA) is 443 Å². The first-order valence-electron chi connectivity index (χ1n) is 29.8. The van der Waals surface area contributed by atoms with Crippen LogP contribution in [0.4, 0.5) is 0 Å². The maximum Gasteiger partial charge on any atom is 0.326 e. The van der Waals surface area contributed by atoms with E-state index in [9.17, 15) is 77.6 Å². The highest BCUT2D eigenvalue weighted by Crippen LogP contribution is 2.29. The molecule has 0 aromatic heterocycles. The van der Waals surface area contributed by atoms with Gasteiger partial charge in [-0.3, -0.25) is 57.5 Å². The smallest absolute Gasteiger partial charge is 0.326 e. The Labute approximate surface area is 519 Å². The van der Waals surface area contributed by atoms with E-state index in [0.29, 0.717) is 50.5 Å². The van der Waals surface area contributed by atoms with Crippen LogP contribution in [0.1, 0.15) is 102 Å². The third-order valence-electron chi connectivity index (χ3n) is 16.6. The summed E-state index contributed by atoms with van der Waals surface area (Å²) in [5.74, 6) is -10.5. The van der Waals surface area contributed by atoms with E-state index in [1.807, 2.05) is 0 Å². The molecule has 1 aromatic carbocycles. The molecule has 5 saturated heterocycles. The number of phenols is 1. The van der Waals surface area contributed by atoms with Crippen molar-refractivity contribution in [2.75, 3.05) is 63.9 Å². The van der Waals surface area contributed by atoms with Gasteiger partial charge in [-0.15, -0.1) is 0 Å². The number of phenolic OH excluding ortho intramolecular Hbond substituents is 1. The van der Waals surface area contributed by atoms with Gasteiger partial charge in [-0.05, 0) is 114 Å². The summed E-state index contributed by atoms with van der Waals surface area (Å²) < 4.78 is 0. The number of aliphatic carboxylic acids is 2. The number of nitrogens with two attached hydrogens (primary N) is 2. The van der Waals surface area contributed by atoms with Gasteiger partial charge in [0.1, 0.15) is 66.2 Å². The molecular weight excluding hydrogens is 1190 g/mol. The quantitative estimate of drug-likeness (QED) is 0.0256. The van der Waals surface area contributed by atoms with E-state index in [1.54, 1.807) is 0 Å². The molecule has 0 aliphatic carbocycles. The molecule has 0 spiro atoms. The lowest BCUT2D eigenvalue weighted by Gasteiger charge is -2.34. The molecular formula is C56H83N13O17S2. The van der Waals surface area contributed by atoms with Crippen molar-refractivity contribution in [3.63, 3.8) is 0 Å². The Bertz CT molecular complexity index is 2730. The number of nitrogens with zero attached hydrogens (tertiary/aromatic N) is 5. The van der Waals surface area contributed by atoms with Crippen LogP contribution in [0.5, 0.6) is 5.75 Å². The Morgan fingerprint density at radius 2 is 0.989 bits per heavy atom. The van der Waals surface area contributed by atoms with E-state index in [4.69, 9.17) is 16.6 Å². The summed E-state index contributed by atoms with van der Waals surface area (Å²) >= 11 is 8.65. The number of amides is 11. The molecule has 5 fully saturated rings. The van der Waals surface area contributed by atoms with E-state index < -0.39 is 163 Å². The number of unbranched alkanes of at least 4 members (excludes halogenated alkanes) is 1. The van der Waals surface area contributed by atoms with Crippen molar-refractivity contribution >= 4 is 102 Å². The molecule has 11 atom stereocenters. The minimum absolute atomic E-state index is 0.0138. The summed E-state index contributed by atoms with van der Waals surface area (Å²) in [7, 11) is 0. The maximum absolute atomic E-state index is 14.4. The Morgan fingerprint density at radius 3 is 1.49 bits per heavy atom. The fourth-order valence-corrected chi connectivity index (χ4v) is 12.3. The number of rotatable bonds is 30. The second kappa shape index (κ2) is 33.3. The fraction of sp³-hybridized carbons (Fsp3) is 0.661. The van der Waals surface area contributed by atoms with Crippen LogP contribution in [0.15, 0.2) is 24.3 Å². The normalized spacial score (nSPS) is 22.0. The number of carbonyl (C=O) groups excluding carboxylic acids is 11. The van der Waals surface area contributed by atoms with Crippen molar-refractivity contribution in [3.05, 3.63) is 29.8 Å². The molecule has 5 aliphatic heterocycles. The van der Waals surface area contributed by atoms with Crippen LogP contribution in [-0.2, 0) is 68.7 Å². The number of hydrogen-bond donors (Lipinski definition) is 14. The number of aliphatic hydroxyl groups is 1. The minimum Gasteiger partial charge on any atom is -0.508 e. The maximum atomic E-state index is 14.4. The van der Waals surface area contributed by atoms with Crippen molar-refractivity contribution in [3.8, 4) is 5.75 Å². The molecule has 6 rings (SSSR count). The number of benzene rings is 1. The van der Waals surface area contributed by atoms with Gasteiger partial charge in [0.2, 0.25) is 65.0 Å². The fourth-order valence-electron chi connectivity index (χ4n) is 11.8. The lowest BCUT2D eigenvalue weighted by Crippen LogP contribution is -2.60. The van der Waals surface area contributed by atoms with Gasteiger partial charge in [0.15, 0.2) is 0 Å². The summed E-state index contributed by atoms with van der Waals surface area (Å²) in [6.07, 6.45) is 3.28. The summed E-state index contributed by atoms with van der Waals surface area (Å²) in [4.78, 5) is 182. The van der Waals surface area contributed by atoms with E-state index in [2.05, 4.69) is 57.2 Å². The van der Waals surface area contributed by atoms with Crippen LogP contribution < -0.4 is 43.4 Å². The van der Waals surface area contributed by atoms with Gasteiger partial charge in [-0.2, -0.15) is 25.3 Å². The lowest BCUT2D eigenvalue weighted by molar-refractivity contribution is -0.150. The number of carboxylic acid groups (broad SMARTS) is 2. The van der Waals surface area contributed by atoms with Crippen molar-refractivity contribution < 1.29 is 82.8 Å². The predicted octanol–water partition coefficient (Wildman–Crippen LogP) is -4.31. The van der Waals surface area contributed by atoms with Gasteiger partial charge >= 0.3 is 11.9 Å². The van der Waals surface area contributed by atoms with E-state index in [0.717, 1.165) is 0 Å². The third-order valence-corrected chi connectivity index (χ3v) is 17.3. The van der Waals surface area contributed by atoms with Gasteiger partial charge in [0, 0.05) is 57.1 Å². The van der Waals surface area contributed by atoms with Crippen LogP contribution in [0.25, 0.3) is 0 Å². The molecule has 0 saturated carbocycles. The number of nitrogens with one attached hydrogen (secondary N) is 6. The largest absolute Gasteiger partial charge is 0.508 e. The lowest BCUT2D eigenvalue weighted by atomic mass is 10.0. The highest BCUT2D eigenvalue weighted by Gasteiger charge is 2.47. The molecule has 5 aliphatic rings. The number of hydrogen-bond acceptors (Lipinski definition) is 19. The summed E-state index contributed by atoms with van der Waals surface area (Å²) in [5, 5.41) is 53.9. The first kappa shape index (κ1) is 69.8. The Morgan fingerprint density at radius 1 is 0.534 bits per heavy atom. The van der Waals surface area contributed by atoms with Crippen molar-refractivity contribution in [1.82, 2.24) is 56.4 Å². The van der Waals surface area contributed by atoms with E-state index in [1.165, 1.54) is 48.8 Å². The first-order chi connectivity index (χ1) is 42.0. The van der Waals surface area contributed by atoms with Crippen LogP contribution in [-0.4, -0.2) is 252 Å². The number of carbonyl (C=O) groups is 13. The zero-order valence-corrected chi connectivity index (χ0v) is 50.7. The van der Waals surface area contributed by atoms with Crippen molar-refractivity contribution in [1.29, 1.82) is 0 Å². The Balaban J connectivity index is 1.06. The van der Waals surface area contributed by atoms with Crippen LogP contribution in [0.2, 0.25) is 0 Å². The van der Waals surface area contributed by atoms with E-state index in [-0.39, 0.29) is 108 Å². The number of carboxylic acids is 2. The molecule has 5 heterocycles. The van der Waals surface area contributed by atoms with E-state index >= 15 is 0 Å². The second-order valence-electron chi connectivity index (χ2n) is 22.6. The second-order valence-corrected chi connectivity index (χ2v) is 23.3. The predicted molar refractivity (Wildman–Crippen MR) is 318 cm³/mol. The average molecular weight is 1270 g/mol. The van der Waals surface area contributed by atoms with Crippen molar-refractivity contribution in [2.45, 2.75) is 169 Å². The molecule has 486 valence electrons. The number of likely N-dealkylation sites (tertiary alicyclic amines) is 5.